The number of hydrogen-bond donors (Lipinski definition) is 1. The van der Waals surface area contributed by atoms with E-state index in [-0.39, 0.29) is 5.04 Å². The molecule has 4 nitrogen and oxygen atoms in total. The second-order valence-corrected chi connectivity index (χ2v) is 17.1. The summed E-state index contributed by atoms with van der Waals surface area (Å²) in [6.07, 6.45) is 0. The fourth-order valence-electron chi connectivity index (χ4n) is 4.30. The predicted molar refractivity (Wildman–Crippen MR) is 152 cm³/mol. The number of aryl methyl sites for hydroxylation is 1. The minimum Gasteiger partial charge on any atom is -0.543 e. The highest BCUT2D eigenvalue weighted by Crippen LogP contribution is 2.45. The summed E-state index contributed by atoms with van der Waals surface area (Å²) < 4.78 is 20.4. The number of benzene rings is 3. The molecule has 1 aliphatic heterocycles. The van der Waals surface area contributed by atoms with Gasteiger partial charge in [0.2, 0.25) is 8.32 Å². The van der Waals surface area contributed by atoms with Crippen molar-refractivity contribution in [3.05, 3.63) is 54.1 Å². The lowest BCUT2D eigenvalue weighted by Gasteiger charge is -2.38. The lowest BCUT2D eigenvalue weighted by Crippen LogP contribution is -2.47. The maximum absolute atomic E-state index is 7.14. The maximum Gasteiger partial charge on any atom is 0.499 e. The first kappa shape index (κ1) is 25.8. The van der Waals surface area contributed by atoms with Gasteiger partial charge in [-0.15, -0.1) is 0 Å². The summed E-state index contributed by atoms with van der Waals surface area (Å²) in [6, 6.07) is 16.6. The second-order valence-electron chi connectivity index (χ2n) is 12.3. The van der Waals surface area contributed by atoms with Gasteiger partial charge in [-0.3, -0.25) is 0 Å². The monoisotopic (exact) mass is 489 g/mol. The Kier molecular flexibility index (Phi) is 6.19. The fraction of sp³-hybridized carbons (Fsp3) is 0.448. The van der Waals surface area contributed by atoms with Crippen LogP contribution in [-0.4, -0.2) is 26.6 Å². The smallest absolute Gasteiger partial charge is 0.499 e. The first-order valence-electron chi connectivity index (χ1n) is 12.5. The van der Waals surface area contributed by atoms with Gasteiger partial charge in [-0.05, 0) is 63.9 Å². The number of hydrogen-bond acceptors (Lipinski definition) is 4. The highest BCUT2D eigenvalue weighted by molar-refractivity contribution is 6.75. The van der Waals surface area contributed by atoms with Crippen LogP contribution in [0, 0.1) is 6.92 Å². The van der Waals surface area contributed by atoms with Crippen molar-refractivity contribution >= 4 is 37.4 Å². The van der Waals surface area contributed by atoms with Gasteiger partial charge in [-0.1, -0.05) is 69.3 Å². The molecule has 0 spiro atoms. The maximum atomic E-state index is 7.14. The summed E-state index contributed by atoms with van der Waals surface area (Å²) in [7, 11) is -2.83. The molecule has 0 atom stereocenters. The van der Waals surface area contributed by atoms with Gasteiger partial charge in [0.15, 0.2) is 0 Å². The zero-order chi connectivity index (χ0) is 26.0. The molecule has 0 aliphatic carbocycles. The van der Waals surface area contributed by atoms with Crippen molar-refractivity contribution in [1.82, 2.24) is 0 Å². The average molecular weight is 490 g/mol. The van der Waals surface area contributed by atoms with Crippen LogP contribution < -0.4 is 15.6 Å². The normalized spacial score (nSPS) is 17.7. The van der Waals surface area contributed by atoms with Gasteiger partial charge in [0.1, 0.15) is 5.75 Å². The van der Waals surface area contributed by atoms with E-state index in [1.165, 1.54) is 0 Å². The van der Waals surface area contributed by atoms with Crippen LogP contribution in [0.4, 0.5) is 5.69 Å². The van der Waals surface area contributed by atoms with E-state index in [2.05, 4.69) is 105 Å². The van der Waals surface area contributed by atoms with Crippen LogP contribution in [0.3, 0.4) is 0 Å². The lowest BCUT2D eigenvalue weighted by atomic mass is 9.71. The SMILES string of the molecule is Cc1ccccc1-c1c(B2OC(C)(C)C(C)(C)O2)c(O[Si](C)(C)C(C)(C)C)c2ccccc2c1N. The average Bonchev–Trinajstić information content (AvgIpc) is 2.96. The predicted octanol–water partition coefficient (Wildman–Crippen LogP) is 7.08. The molecule has 35 heavy (non-hydrogen) atoms. The van der Waals surface area contributed by atoms with Crippen molar-refractivity contribution in [2.45, 2.75) is 84.7 Å². The zero-order valence-corrected chi connectivity index (χ0v) is 24.0. The third-order valence-electron chi connectivity index (χ3n) is 8.31. The summed E-state index contributed by atoms with van der Waals surface area (Å²) in [5, 5.41) is 2.00. The third-order valence-corrected chi connectivity index (χ3v) is 12.6. The number of nitrogen functional groups attached to an aromatic ring is 1. The molecule has 0 unspecified atom stereocenters. The molecule has 0 aromatic heterocycles. The summed E-state index contributed by atoms with van der Waals surface area (Å²) in [5.41, 5.74) is 10.8. The van der Waals surface area contributed by atoms with E-state index in [1.807, 2.05) is 12.1 Å². The Labute approximate surface area is 212 Å². The van der Waals surface area contributed by atoms with Crippen LogP contribution in [0.1, 0.15) is 54.0 Å². The number of nitrogens with two attached hydrogens (primary N) is 1. The molecule has 0 saturated carbocycles. The minimum absolute atomic E-state index is 0.0194. The van der Waals surface area contributed by atoms with Crippen molar-refractivity contribution in [1.29, 1.82) is 0 Å². The van der Waals surface area contributed by atoms with Crippen molar-refractivity contribution in [2.24, 2.45) is 0 Å². The molecule has 0 radical (unpaired) electrons. The van der Waals surface area contributed by atoms with Crippen LogP contribution in [0.2, 0.25) is 18.1 Å². The van der Waals surface area contributed by atoms with Crippen LogP contribution in [0.5, 0.6) is 5.75 Å². The van der Waals surface area contributed by atoms with Gasteiger partial charge in [0.25, 0.3) is 0 Å². The summed E-state index contributed by atoms with van der Waals surface area (Å²) in [5.74, 6) is 0.832. The summed E-state index contributed by atoms with van der Waals surface area (Å²) >= 11 is 0. The van der Waals surface area contributed by atoms with Crippen molar-refractivity contribution in [3.8, 4) is 16.9 Å². The highest BCUT2D eigenvalue weighted by atomic mass is 28.4. The molecular weight excluding hydrogens is 449 g/mol. The Morgan fingerprint density at radius 2 is 1.37 bits per heavy atom. The van der Waals surface area contributed by atoms with Crippen LogP contribution in [0.15, 0.2) is 48.5 Å². The third kappa shape index (κ3) is 4.30. The molecule has 4 rings (SSSR count). The molecule has 3 aromatic rings. The number of rotatable bonds is 4. The number of fused-ring (bicyclic) bond motifs is 1. The van der Waals surface area contributed by atoms with Crippen LogP contribution in [-0.2, 0) is 9.31 Å². The van der Waals surface area contributed by atoms with E-state index in [1.54, 1.807) is 0 Å². The van der Waals surface area contributed by atoms with E-state index in [4.69, 9.17) is 19.5 Å². The highest BCUT2D eigenvalue weighted by Gasteiger charge is 2.54. The van der Waals surface area contributed by atoms with Crippen LogP contribution in [0.25, 0.3) is 21.9 Å². The lowest BCUT2D eigenvalue weighted by molar-refractivity contribution is 0.00578. The molecule has 186 valence electrons. The van der Waals surface area contributed by atoms with E-state index in [0.29, 0.717) is 0 Å². The summed E-state index contributed by atoms with van der Waals surface area (Å²) in [4.78, 5) is 0. The standard InChI is InChI=1S/C29H40BNO3Si/c1-19-15-11-12-16-20(19)23-24(30-33-28(5,6)29(7,8)34-30)26(32-35(9,10)27(2,3)4)22-18-14-13-17-21(22)25(23)31/h11-18H,31H2,1-10H3. The Hall–Kier alpha value is -2.28. The quantitative estimate of drug-likeness (QED) is 0.314. The van der Waals surface area contributed by atoms with E-state index in [9.17, 15) is 0 Å². The largest absolute Gasteiger partial charge is 0.543 e. The van der Waals surface area contributed by atoms with Crippen molar-refractivity contribution in [3.63, 3.8) is 0 Å². The molecule has 6 heteroatoms. The minimum atomic E-state index is -2.22. The second kappa shape index (κ2) is 8.39. The Bertz CT molecular complexity index is 1260. The van der Waals surface area contributed by atoms with Gasteiger partial charge in [0.05, 0.1) is 11.2 Å². The van der Waals surface area contributed by atoms with Gasteiger partial charge in [-0.2, -0.15) is 0 Å². The Morgan fingerprint density at radius 1 is 0.857 bits per heavy atom. The topological polar surface area (TPSA) is 53.7 Å². The molecule has 1 saturated heterocycles. The molecule has 1 aliphatic rings. The Morgan fingerprint density at radius 3 is 1.91 bits per heavy atom. The molecular formula is C29H40BNO3Si. The molecule has 3 aromatic carbocycles. The van der Waals surface area contributed by atoms with Gasteiger partial charge in [0, 0.05) is 27.5 Å². The van der Waals surface area contributed by atoms with Gasteiger partial charge >= 0.3 is 7.12 Å². The first-order chi connectivity index (χ1) is 16.1. The summed E-state index contributed by atoms with van der Waals surface area (Å²) in [6.45, 7) is 21.8. The van der Waals surface area contributed by atoms with E-state index < -0.39 is 26.6 Å². The van der Waals surface area contributed by atoms with Gasteiger partial charge in [-0.25, -0.2) is 0 Å². The zero-order valence-electron chi connectivity index (χ0n) is 23.0. The first-order valence-corrected chi connectivity index (χ1v) is 15.4. The fourth-order valence-corrected chi connectivity index (χ4v) is 5.34. The molecule has 0 bridgehead atoms. The molecule has 0 amide bonds. The molecule has 1 heterocycles. The molecule has 1 fully saturated rings. The number of anilines is 1. The van der Waals surface area contributed by atoms with Crippen molar-refractivity contribution < 1.29 is 13.7 Å². The van der Waals surface area contributed by atoms with E-state index in [0.717, 1.165) is 44.4 Å². The van der Waals surface area contributed by atoms with Crippen LogP contribution >= 0.6 is 0 Å². The Balaban J connectivity index is 2.13. The van der Waals surface area contributed by atoms with E-state index >= 15 is 0 Å². The molecule has 2 N–H and O–H groups in total. The van der Waals surface area contributed by atoms with Crippen molar-refractivity contribution in [2.75, 3.05) is 5.73 Å². The van der Waals surface area contributed by atoms with Gasteiger partial charge < -0.3 is 19.5 Å².